The molecule has 3 heteroatoms. The molecule has 0 saturated carbocycles. The smallest absolute Gasteiger partial charge is 0.215 e. The van der Waals surface area contributed by atoms with Crippen LogP contribution < -0.4 is 5.23 Å². The highest BCUT2D eigenvalue weighted by Gasteiger charge is 2.00. The lowest BCUT2D eigenvalue weighted by Crippen LogP contribution is -2.25. The first kappa shape index (κ1) is 7.53. The van der Waals surface area contributed by atoms with Gasteiger partial charge in [0.25, 0.3) is 0 Å². The van der Waals surface area contributed by atoms with Gasteiger partial charge in [-0.15, -0.1) is 0 Å². The fraction of sp³-hybridized carbons (Fsp3) is 0.800. The second kappa shape index (κ2) is 3.53. The summed E-state index contributed by atoms with van der Waals surface area (Å²) < 4.78 is 0. The summed E-state index contributed by atoms with van der Waals surface area (Å²) in [5, 5.41) is 10.0. The van der Waals surface area contributed by atoms with Gasteiger partial charge in [0.2, 0.25) is 7.98 Å². The third-order valence-electron chi connectivity index (χ3n) is 1.37. The van der Waals surface area contributed by atoms with E-state index in [4.69, 9.17) is 5.41 Å². The maximum atomic E-state index is 7.23. The zero-order valence-corrected chi connectivity index (χ0v) is 5.78. The molecular weight excluding hydrogens is 98.9 g/mol. The molecule has 0 heterocycles. The standard InChI is InChI=1S/C5H13BN2/c1-3-4(2)5(7)8-6/h4H,3,6H2,1-2H3,(H2,7,8). The zero-order valence-electron chi connectivity index (χ0n) is 5.78. The van der Waals surface area contributed by atoms with Crippen molar-refractivity contribution < 1.29 is 0 Å². The average molecular weight is 112 g/mol. The fourth-order valence-electron chi connectivity index (χ4n) is 0.451. The summed E-state index contributed by atoms with van der Waals surface area (Å²) in [5.41, 5.74) is 0. The molecular formula is C5H13BN2. The highest BCUT2D eigenvalue weighted by Crippen LogP contribution is 1.98. The minimum atomic E-state index is 0.389. The van der Waals surface area contributed by atoms with Crippen LogP contribution in [0.5, 0.6) is 0 Å². The predicted molar refractivity (Wildman–Crippen MR) is 38.9 cm³/mol. The third-order valence-corrected chi connectivity index (χ3v) is 1.37. The monoisotopic (exact) mass is 112 g/mol. The molecule has 0 amide bonds. The Morgan fingerprint density at radius 1 is 1.88 bits per heavy atom. The van der Waals surface area contributed by atoms with Crippen LogP contribution in [-0.2, 0) is 0 Å². The first-order valence-corrected chi connectivity index (χ1v) is 2.98. The van der Waals surface area contributed by atoms with E-state index in [1.165, 1.54) is 0 Å². The number of hydrogen-bond donors (Lipinski definition) is 2. The largest absolute Gasteiger partial charge is 0.423 e. The van der Waals surface area contributed by atoms with Crippen LogP contribution in [0.2, 0.25) is 0 Å². The molecule has 0 saturated heterocycles. The molecule has 0 aliphatic rings. The van der Waals surface area contributed by atoms with Crippen molar-refractivity contribution in [3.63, 3.8) is 0 Å². The Morgan fingerprint density at radius 2 is 2.38 bits per heavy atom. The van der Waals surface area contributed by atoms with Gasteiger partial charge in [-0.05, 0) is 6.42 Å². The normalized spacial score (nSPS) is 12.8. The van der Waals surface area contributed by atoms with E-state index in [0.717, 1.165) is 6.42 Å². The first-order chi connectivity index (χ1) is 3.72. The van der Waals surface area contributed by atoms with E-state index in [-0.39, 0.29) is 0 Å². The Labute approximate surface area is 51.6 Å². The van der Waals surface area contributed by atoms with Crippen molar-refractivity contribution in [2.24, 2.45) is 5.92 Å². The van der Waals surface area contributed by atoms with Crippen LogP contribution in [0.25, 0.3) is 0 Å². The van der Waals surface area contributed by atoms with Crippen LogP contribution in [0.1, 0.15) is 20.3 Å². The van der Waals surface area contributed by atoms with E-state index >= 15 is 0 Å². The van der Waals surface area contributed by atoms with Crippen LogP contribution >= 0.6 is 0 Å². The lowest BCUT2D eigenvalue weighted by molar-refractivity contribution is 0.721. The summed E-state index contributed by atoms with van der Waals surface area (Å²) in [6.07, 6.45) is 1.04. The number of nitrogens with one attached hydrogen (secondary N) is 2. The fourth-order valence-corrected chi connectivity index (χ4v) is 0.451. The summed E-state index contributed by atoms with van der Waals surface area (Å²) in [5.74, 6) is 1.02. The van der Waals surface area contributed by atoms with Gasteiger partial charge in [0.1, 0.15) is 0 Å². The molecule has 0 fully saturated rings. The molecule has 46 valence electrons. The van der Waals surface area contributed by atoms with Gasteiger partial charge in [-0.25, -0.2) is 0 Å². The summed E-state index contributed by atoms with van der Waals surface area (Å²) in [7, 11) is 1.79. The van der Waals surface area contributed by atoms with E-state index in [0.29, 0.717) is 11.8 Å². The van der Waals surface area contributed by atoms with E-state index in [1.807, 2.05) is 6.92 Å². The van der Waals surface area contributed by atoms with Crippen molar-refractivity contribution in [3.8, 4) is 0 Å². The van der Waals surface area contributed by atoms with Crippen molar-refractivity contribution in [3.05, 3.63) is 0 Å². The number of amidine groups is 1. The highest BCUT2D eigenvalue weighted by molar-refractivity contribution is 6.15. The van der Waals surface area contributed by atoms with Gasteiger partial charge in [0, 0.05) is 5.92 Å². The van der Waals surface area contributed by atoms with Crippen LogP contribution in [0.15, 0.2) is 0 Å². The van der Waals surface area contributed by atoms with Gasteiger partial charge in [0.15, 0.2) is 0 Å². The SMILES string of the molecule is BNC(=N)C(C)CC. The Hall–Kier alpha value is -0.465. The molecule has 1 atom stereocenters. The minimum absolute atomic E-state index is 0.389. The Bertz CT molecular complexity index is 82.5. The lowest BCUT2D eigenvalue weighted by Gasteiger charge is -2.08. The van der Waals surface area contributed by atoms with Crippen LogP contribution in [0.3, 0.4) is 0 Å². The van der Waals surface area contributed by atoms with Gasteiger partial charge in [-0.2, -0.15) is 0 Å². The van der Waals surface area contributed by atoms with Gasteiger partial charge >= 0.3 is 0 Å². The Morgan fingerprint density at radius 3 is 2.50 bits per heavy atom. The molecule has 1 unspecified atom stereocenters. The number of hydrogen-bond acceptors (Lipinski definition) is 1. The second-order valence-electron chi connectivity index (χ2n) is 1.97. The quantitative estimate of drug-likeness (QED) is 0.297. The Balaban J connectivity index is 3.46. The summed E-state index contributed by atoms with van der Waals surface area (Å²) >= 11 is 0. The molecule has 0 aromatic rings. The number of rotatable bonds is 2. The molecule has 2 N–H and O–H groups in total. The van der Waals surface area contributed by atoms with E-state index in [9.17, 15) is 0 Å². The molecule has 0 radical (unpaired) electrons. The van der Waals surface area contributed by atoms with Crippen molar-refractivity contribution in [2.45, 2.75) is 20.3 Å². The highest BCUT2D eigenvalue weighted by atomic mass is 14.8. The summed E-state index contributed by atoms with van der Waals surface area (Å²) in [4.78, 5) is 0. The van der Waals surface area contributed by atoms with Crippen molar-refractivity contribution in [1.82, 2.24) is 5.23 Å². The molecule has 0 bridgehead atoms. The van der Waals surface area contributed by atoms with Gasteiger partial charge < -0.3 is 5.23 Å². The molecule has 0 spiro atoms. The molecule has 2 nitrogen and oxygen atoms in total. The average Bonchev–Trinajstić information content (AvgIpc) is 1.84. The van der Waals surface area contributed by atoms with E-state index in [2.05, 4.69) is 12.2 Å². The zero-order chi connectivity index (χ0) is 6.57. The van der Waals surface area contributed by atoms with Crippen molar-refractivity contribution >= 4 is 13.8 Å². The van der Waals surface area contributed by atoms with Gasteiger partial charge in [0.05, 0.1) is 5.84 Å². The molecule has 8 heavy (non-hydrogen) atoms. The predicted octanol–water partition coefficient (Wildman–Crippen LogP) is 0.147. The molecule has 0 aromatic heterocycles. The van der Waals surface area contributed by atoms with Crippen molar-refractivity contribution in [1.29, 1.82) is 5.41 Å². The summed E-state index contributed by atoms with van der Waals surface area (Å²) in [6.45, 7) is 4.12. The van der Waals surface area contributed by atoms with Gasteiger partial charge in [-0.3, -0.25) is 5.41 Å². The topological polar surface area (TPSA) is 35.9 Å². The second-order valence-corrected chi connectivity index (χ2v) is 1.97. The maximum absolute atomic E-state index is 7.23. The van der Waals surface area contributed by atoms with E-state index < -0.39 is 0 Å². The van der Waals surface area contributed by atoms with Gasteiger partial charge in [-0.1, -0.05) is 13.8 Å². The van der Waals surface area contributed by atoms with Crippen molar-refractivity contribution in [2.75, 3.05) is 0 Å². The van der Waals surface area contributed by atoms with E-state index in [1.54, 1.807) is 7.98 Å². The molecule has 0 aromatic carbocycles. The molecule has 0 rings (SSSR count). The maximum Gasteiger partial charge on any atom is 0.215 e. The summed E-state index contributed by atoms with van der Waals surface area (Å²) in [6, 6.07) is 0. The first-order valence-electron chi connectivity index (χ1n) is 2.98. The van der Waals surface area contributed by atoms with Crippen LogP contribution in [-0.4, -0.2) is 13.8 Å². The lowest BCUT2D eigenvalue weighted by atomic mass is 10.1. The van der Waals surface area contributed by atoms with Crippen LogP contribution in [0, 0.1) is 11.3 Å². The minimum Gasteiger partial charge on any atom is -0.423 e. The molecule has 0 aliphatic heterocycles. The Kier molecular flexibility index (Phi) is 3.32. The molecule has 0 aliphatic carbocycles. The third kappa shape index (κ3) is 2.00. The van der Waals surface area contributed by atoms with Crippen LogP contribution in [0.4, 0.5) is 0 Å².